The van der Waals surface area contributed by atoms with Crippen molar-refractivity contribution in [3.8, 4) is 0 Å². The Kier molecular flexibility index (Phi) is 8.84. The van der Waals surface area contributed by atoms with Crippen molar-refractivity contribution in [2.75, 3.05) is 19.6 Å². The van der Waals surface area contributed by atoms with Crippen LogP contribution >= 0.6 is 24.8 Å². The molecule has 0 aromatic carbocycles. The van der Waals surface area contributed by atoms with Crippen LogP contribution in [0.3, 0.4) is 0 Å². The summed E-state index contributed by atoms with van der Waals surface area (Å²) >= 11 is 0. The molecule has 2 rings (SSSR count). The number of likely N-dealkylation sites (tertiary alicyclic amines) is 1. The lowest BCUT2D eigenvalue weighted by Gasteiger charge is -2.34. The van der Waals surface area contributed by atoms with Gasteiger partial charge in [0.15, 0.2) is 0 Å². The SMILES string of the molecule is CCN[C@H]1CC[C@@H](N2CCCC2)CC1.Cl.Cl. The zero-order valence-electron chi connectivity index (χ0n) is 10.3. The molecule has 0 aromatic heterocycles. The minimum Gasteiger partial charge on any atom is -0.314 e. The molecule has 2 aliphatic rings. The van der Waals surface area contributed by atoms with E-state index in [0.717, 1.165) is 18.6 Å². The summed E-state index contributed by atoms with van der Waals surface area (Å²) in [7, 11) is 0. The third-order valence-corrected chi connectivity index (χ3v) is 3.85. The monoisotopic (exact) mass is 268 g/mol. The van der Waals surface area contributed by atoms with E-state index >= 15 is 0 Å². The first-order valence-electron chi connectivity index (χ1n) is 6.37. The zero-order valence-corrected chi connectivity index (χ0v) is 11.9. The molecule has 4 heteroatoms. The molecule has 1 aliphatic carbocycles. The van der Waals surface area contributed by atoms with Gasteiger partial charge in [-0.1, -0.05) is 6.92 Å². The fourth-order valence-corrected chi connectivity index (χ4v) is 3.04. The molecule has 2 nitrogen and oxygen atoms in total. The summed E-state index contributed by atoms with van der Waals surface area (Å²) < 4.78 is 0. The Bertz CT molecular complexity index is 164. The largest absolute Gasteiger partial charge is 0.314 e. The van der Waals surface area contributed by atoms with Crippen molar-refractivity contribution in [1.29, 1.82) is 0 Å². The van der Waals surface area contributed by atoms with Crippen LogP contribution in [0, 0.1) is 0 Å². The highest BCUT2D eigenvalue weighted by Gasteiger charge is 2.26. The highest BCUT2D eigenvalue weighted by atomic mass is 35.5. The fourth-order valence-electron chi connectivity index (χ4n) is 3.04. The number of halogens is 2. The van der Waals surface area contributed by atoms with Gasteiger partial charge >= 0.3 is 0 Å². The summed E-state index contributed by atoms with van der Waals surface area (Å²) in [5.41, 5.74) is 0. The van der Waals surface area contributed by atoms with Gasteiger partial charge in [-0.25, -0.2) is 0 Å². The standard InChI is InChI=1S/C12H24N2.2ClH/c1-2-13-11-5-7-12(8-6-11)14-9-3-4-10-14;;/h11-13H,2-10H2,1H3;2*1H/t11-,12+;;. The Balaban J connectivity index is 0.00000112. The molecule has 1 N–H and O–H groups in total. The van der Waals surface area contributed by atoms with Crippen LogP contribution in [0.15, 0.2) is 0 Å². The maximum Gasteiger partial charge on any atom is 0.00964 e. The lowest BCUT2D eigenvalue weighted by molar-refractivity contribution is 0.174. The van der Waals surface area contributed by atoms with Gasteiger partial charge in [0.05, 0.1) is 0 Å². The molecule has 16 heavy (non-hydrogen) atoms. The van der Waals surface area contributed by atoms with Gasteiger partial charge in [0, 0.05) is 12.1 Å². The number of hydrogen-bond acceptors (Lipinski definition) is 2. The maximum atomic E-state index is 3.58. The van der Waals surface area contributed by atoms with E-state index in [9.17, 15) is 0 Å². The topological polar surface area (TPSA) is 15.3 Å². The van der Waals surface area contributed by atoms with Gasteiger partial charge in [-0.3, -0.25) is 0 Å². The van der Waals surface area contributed by atoms with Crippen molar-refractivity contribution < 1.29 is 0 Å². The molecule has 2 fully saturated rings. The van der Waals surface area contributed by atoms with Crippen molar-refractivity contribution in [3.63, 3.8) is 0 Å². The van der Waals surface area contributed by atoms with Crippen molar-refractivity contribution in [3.05, 3.63) is 0 Å². The third-order valence-electron chi connectivity index (χ3n) is 3.85. The van der Waals surface area contributed by atoms with Crippen LogP contribution < -0.4 is 5.32 Å². The van der Waals surface area contributed by atoms with Crippen LogP contribution in [0.1, 0.15) is 45.4 Å². The summed E-state index contributed by atoms with van der Waals surface area (Å²) in [4.78, 5) is 2.72. The first kappa shape index (κ1) is 16.5. The smallest absolute Gasteiger partial charge is 0.00964 e. The Morgan fingerprint density at radius 1 is 1.00 bits per heavy atom. The van der Waals surface area contributed by atoms with Gasteiger partial charge in [0.25, 0.3) is 0 Å². The molecule has 1 saturated carbocycles. The lowest BCUT2D eigenvalue weighted by Crippen LogP contribution is -2.41. The number of hydrogen-bond donors (Lipinski definition) is 1. The fraction of sp³-hybridized carbons (Fsp3) is 1.00. The van der Waals surface area contributed by atoms with Gasteiger partial charge in [-0.15, -0.1) is 24.8 Å². The average molecular weight is 269 g/mol. The minimum absolute atomic E-state index is 0. The van der Waals surface area contributed by atoms with Gasteiger partial charge < -0.3 is 10.2 Å². The average Bonchev–Trinajstić information content (AvgIpc) is 2.72. The second-order valence-electron chi connectivity index (χ2n) is 4.81. The summed E-state index contributed by atoms with van der Waals surface area (Å²) in [5.74, 6) is 0. The molecule has 0 unspecified atom stereocenters. The summed E-state index contributed by atoms with van der Waals surface area (Å²) in [6.07, 6.45) is 8.53. The highest BCUT2D eigenvalue weighted by Crippen LogP contribution is 2.25. The van der Waals surface area contributed by atoms with E-state index in [1.807, 2.05) is 0 Å². The second-order valence-corrected chi connectivity index (χ2v) is 4.81. The summed E-state index contributed by atoms with van der Waals surface area (Å²) in [5, 5.41) is 3.58. The van der Waals surface area contributed by atoms with Crippen LogP contribution in [0.5, 0.6) is 0 Å². The summed E-state index contributed by atoms with van der Waals surface area (Å²) in [6.45, 7) is 6.10. The van der Waals surface area contributed by atoms with E-state index in [1.54, 1.807) is 0 Å². The van der Waals surface area contributed by atoms with Gasteiger partial charge in [-0.2, -0.15) is 0 Å². The molecule has 0 amide bonds. The Morgan fingerprint density at radius 3 is 2.06 bits per heavy atom. The van der Waals surface area contributed by atoms with Gasteiger partial charge in [-0.05, 0) is 58.2 Å². The van der Waals surface area contributed by atoms with E-state index < -0.39 is 0 Å². The Hall–Kier alpha value is 0.500. The van der Waals surface area contributed by atoms with Crippen LogP contribution in [0.4, 0.5) is 0 Å². The quantitative estimate of drug-likeness (QED) is 0.847. The molecule has 98 valence electrons. The molecule has 1 heterocycles. The van der Waals surface area contributed by atoms with E-state index in [4.69, 9.17) is 0 Å². The van der Waals surface area contributed by atoms with Crippen molar-refractivity contribution >= 4 is 24.8 Å². The molecular weight excluding hydrogens is 243 g/mol. The summed E-state index contributed by atoms with van der Waals surface area (Å²) in [6, 6.07) is 1.74. The van der Waals surface area contributed by atoms with Gasteiger partial charge in [0.2, 0.25) is 0 Å². The number of nitrogens with zero attached hydrogens (tertiary/aromatic N) is 1. The van der Waals surface area contributed by atoms with Crippen molar-refractivity contribution in [2.45, 2.75) is 57.5 Å². The van der Waals surface area contributed by atoms with E-state index in [-0.39, 0.29) is 24.8 Å². The highest BCUT2D eigenvalue weighted by molar-refractivity contribution is 5.85. The van der Waals surface area contributed by atoms with Crippen molar-refractivity contribution in [1.82, 2.24) is 10.2 Å². The predicted molar refractivity (Wildman–Crippen MR) is 75.0 cm³/mol. The molecule has 0 atom stereocenters. The zero-order chi connectivity index (χ0) is 9.80. The third kappa shape index (κ3) is 4.40. The Labute approximate surface area is 112 Å². The van der Waals surface area contributed by atoms with E-state index in [2.05, 4.69) is 17.1 Å². The normalized spacial score (nSPS) is 30.6. The van der Waals surface area contributed by atoms with Crippen LogP contribution in [-0.4, -0.2) is 36.6 Å². The molecule has 0 radical (unpaired) electrons. The van der Waals surface area contributed by atoms with Crippen LogP contribution in [0.2, 0.25) is 0 Å². The second kappa shape index (κ2) is 8.57. The lowest BCUT2D eigenvalue weighted by atomic mass is 9.90. The molecule has 1 saturated heterocycles. The number of rotatable bonds is 3. The minimum atomic E-state index is 0. The number of nitrogens with one attached hydrogen (secondary N) is 1. The molecule has 0 aromatic rings. The van der Waals surface area contributed by atoms with Crippen LogP contribution in [-0.2, 0) is 0 Å². The van der Waals surface area contributed by atoms with Gasteiger partial charge in [0.1, 0.15) is 0 Å². The van der Waals surface area contributed by atoms with E-state index in [1.165, 1.54) is 51.6 Å². The Morgan fingerprint density at radius 2 is 1.56 bits per heavy atom. The maximum absolute atomic E-state index is 3.58. The first-order chi connectivity index (χ1) is 6.90. The molecule has 1 aliphatic heterocycles. The molecule has 0 bridgehead atoms. The van der Waals surface area contributed by atoms with Crippen molar-refractivity contribution in [2.24, 2.45) is 0 Å². The van der Waals surface area contributed by atoms with E-state index in [0.29, 0.717) is 0 Å². The molecular formula is C12H26Cl2N2. The predicted octanol–water partition coefficient (Wildman–Crippen LogP) is 2.85. The molecule has 0 spiro atoms. The van der Waals surface area contributed by atoms with Crippen LogP contribution in [0.25, 0.3) is 0 Å². The first-order valence-corrected chi connectivity index (χ1v) is 6.37.